The molecule has 2 aromatic rings. The molecule has 0 fully saturated rings. The Kier molecular flexibility index (Phi) is 3.05. The highest BCUT2D eigenvalue weighted by Crippen LogP contribution is 2.25. The van der Waals surface area contributed by atoms with Crippen molar-refractivity contribution in [2.24, 2.45) is 0 Å². The highest BCUT2D eigenvalue weighted by atomic mass is 16.5. The van der Waals surface area contributed by atoms with Crippen LogP contribution in [0.5, 0.6) is 0 Å². The maximum absolute atomic E-state index is 11.5. The minimum Gasteiger partial charge on any atom is -0.464 e. The topological polar surface area (TPSA) is 64.2 Å². The van der Waals surface area contributed by atoms with E-state index in [1.807, 2.05) is 18.2 Å². The molecule has 0 amide bonds. The second-order valence-electron chi connectivity index (χ2n) is 4.38. The molecule has 0 saturated heterocycles. The third kappa shape index (κ3) is 2.13. The third-order valence-corrected chi connectivity index (χ3v) is 3.28. The summed E-state index contributed by atoms with van der Waals surface area (Å²) in [5.74, 6) is -0.427. The lowest BCUT2D eigenvalue weighted by molar-refractivity contribution is 0.0596. The Hall–Kier alpha value is -2.14. The van der Waals surface area contributed by atoms with E-state index in [0.29, 0.717) is 12.3 Å². The van der Waals surface area contributed by atoms with Crippen molar-refractivity contribution in [3.63, 3.8) is 0 Å². The maximum Gasteiger partial charge on any atom is 0.359 e. The van der Waals surface area contributed by atoms with Crippen LogP contribution in [0.1, 0.15) is 22.5 Å². The van der Waals surface area contributed by atoms with Gasteiger partial charge in [-0.05, 0) is 29.7 Å². The molecule has 5 nitrogen and oxygen atoms in total. The molecule has 1 aromatic heterocycles. The molecule has 5 heteroatoms. The second-order valence-corrected chi connectivity index (χ2v) is 4.38. The number of aromatic amines is 1. The average Bonchev–Trinajstić information content (AvgIpc) is 2.90. The van der Waals surface area contributed by atoms with Gasteiger partial charge in [0, 0.05) is 5.39 Å². The van der Waals surface area contributed by atoms with Gasteiger partial charge in [-0.1, -0.05) is 12.1 Å². The summed E-state index contributed by atoms with van der Waals surface area (Å²) in [6, 6.07) is 5.91. The number of carbonyl (C=O) groups is 1. The number of esters is 1. The third-order valence-electron chi connectivity index (χ3n) is 3.28. The Morgan fingerprint density at radius 3 is 3.11 bits per heavy atom. The number of hydrogen-bond donors (Lipinski definition) is 1. The summed E-state index contributed by atoms with van der Waals surface area (Å²) < 4.78 is 10.0. The lowest BCUT2D eigenvalue weighted by Gasteiger charge is -2.13. The maximum atomic E-state index is 11.5. The lowest BCUT2D eigenvalue weighted by atomic mass is 10.00. The number of benzene rings is 1. The number of hydrogen-bond acceptors (Lipinski definition) is 4. The van der Waals surface area contributed by atoms with Crippen molar-refractivity contribution in [2.45, 2.75) is 6.42 Å². The Labute approximate surface area is 110 Å². The number of nitrogens with one attached hydrogen (secondary N) is 1. The van der Waals surface area contributed by atoms with Crippen LogP contribution in [0.25, 0.3) is 16.5 Å². The van der Waals surface area contributed by atoms with Crippen LogP contribution in [0.15, 0.2) is 24.3 Å². The number of rotatable bonds is 2. The van der Waals surface area contributed by atoms with E-state index in [4.69, 9.17) is 9.47 Å². The Morgan fingerprint density at radius 1 is 1.47 bits per heavy atom. The van der Waals surface area contributed by atoms with Crippen molar-refractivity contribution in [2.75, 3.05) is 20.3 Å². The first-order valence-electron chi connectivity index (χ1n) is 6.13. The number of ether oxygens (including phenoxy) is 2. The molecule has 0 bridgehead atoms. The summed E-state index contributed by atoms with van der Waals surface area (Å²) in [6.45, 7) is 1.41. The number of carbonyl (C=O) groups excluding carboxylic acids is 1. The molecule has 98 valence electrons. The molecule has 0 atom stereocenters. The van der Waals surface area contributed by atoms with Crippen LogP contribution in [0, 0.1) is 0 Å². The van der Waals surface area contributed by atoms with Crippen molar-refractivity contribution >= 4 is 22.4 Å². The molecular weight excluding hydrogens is 244 g/mol. The first-order valence-corrected chi connectivity index (χ1v) is 6.13. The first-order chi connectivity index (χ1) is 9.29. The van der Waals surface area contributed by atoms with Gasteiger partial charge in [0.05, 0.1) is 25.8 Å². The summed E-state index contributed by atoms with van der Waals surface area (Å²) in [4.78, 5) is 11.5. The van der Waals surface area contributed by atoms with Crippen molar-refractivity contribution < 1.29 is 14.3 Å². The van der Waals surface area contributed by atoms with Gasteiger partial charge in [0.15, 0.2) is 5.69 Å². The highest BCUT2D eigenvalue weighted by Gasteiger charge is 2.15. The fourth-order valence-corrected chi connectivity index (χ4v) is 2.26. The highest BCUT2D eigenvalue weighted by molar-refractivity contribution is 6.02. The Bertz CT molecular complexity index is 658. The van der Waals surface area contributed by atoms with E-state index in [-0.39, 0.29) is 0 Å². The van der Waals surface area contributed by atoms with Crippen molar-refractivity contribution in [1.82, 2.24) is 10.2 Å². The monoisotopic (exact) mass is 258 g/mol. The quantitative estimate of drug-likeness (QED) is 0.838. The van der Waals surface area contributed by atoms with E-state index in [1.165, 1.54) is 12.7 Å². The summed E-state index contributed by atoms with van der Waals surface area (Å²) in [5, 5.41) is 7.66. The zero-order valence-electron chi connectivity index (χ0n) is 10.6. The smallest absolute Gasteiger partial charge is 0.359 e. The molecular formula is C14H14N2O3. The number of H-pyrrole nitrogens is 1. The largest absolute Gasteiger partial charge is 0.464 e. The van der Waals surface area contributed by atoms with Gasteiger partial charge >= 0.3 is 5.97 Å². The minimum atomic E-state index is -0.427. The van der Waals surface area contributed by atoms with Crippen LogP contribution in [-0.4, -0.2) is 36.5 Å². The molecule has 1 aromatic carbocycles. The Morgan fingerprint density at radius 2 is 2.37 bits per heavy atom. The van der Waals surface area contributed by atoms with E-state index in [0.717, 1.165) is 29.5 Å². The van der Waals surface area contributed by atoms with Gasteiger partial charge in [0.2, 0.25) is 0 Å². The predicted molar refractivity (Wildman–Crippen MR) is 70.8 cm³/mol. The molecule has 0 saturated carbocycles. The van der Waals surface area contributed by atoms with Crippen molar-refractivity contribution in [3.05, 3.63) is 35.5 Å². The van der Waals surface area contributed by atoms with Gasteiger partial charge in [-0.3, -0.25) is 5.10 Å². The van der Waals surface area contributed by atoms with E-state index < -0.39 is 5.97 Å². The van der Waals surface area contributed by atoms with Gasteiger partial charge in [0.1, 0.15) is 0 Å². The first kappa shape index (κ1) is 11.9. The fraction of sp³-hybridized carbons (Fsp3) is 0.286. The lowest BCUT2D eigenvalue weighted by Crippen LogP contribution is -2.03. The van der Waals surface area contributed by atoms with Crippen molar-refractivity contribution in [3.8, 4) is 0 Å². The molecule has 1 aliphatic rings. The molecule has 0 aliphatic carbocycles. The summed E-state index contributed by atoms with van der Waals surface area (Å²) in [5.41, 5.74) is 3.56. The van der Waals surface area contributed by atoms with Crippen molar-refractivity contribution in [1.29, 1.82) is 0 Å². The van der Waals surface area contributed by atoms with Crippen LogP contribution in [0.4, 0.5) is 0 Å². The Balaban J connectivity index is 2.03. The molecule has 0 spiro atoms. The molecule has 1 aliphatic heterocycles. The molecule has 0 radical (unpaired) electrons. The van der Waals surface area contributed by atoms with Crippen LogP contribution >= 0.6 is 0 Å². The zero-order chi connectivity index (χ0) is 13.2. The average molecular weight is 258 g/mol. The summed E-state index contributed by atoms with van der Waals surface area (Å²) >= 11 is 0. The van der Waals surface area contributed by atoms with E-state index in [1.54, 1.807) is 0 Å². The standard InChI is InChI=1S/C14H14N2O3/c1-18-14(17)13-11-3-2-10(8-12(11)15-16-13)9-4-6-19-7-5-9/h2-4,8H,5-7H2,1H3,(H,15,16). The van der Waals surface area contributed by atoms with E-state index in [2.05, 4.69) is 16.3 Å². The van der Waals surface area contributed by atoms with Crippen LogP contribution in [0.2, 0.25) is 0 Å². The predicted octanol–water partition coefficient (Wildman–Crippen LogP) is 2.15. The fourth-order valence-electron chi connectivity index (χ4n) is 2.26. The summed E-state index contributed by atoms with van der Waals surface area (Å²) in [6.07, 6.45) is 2.99. The molecule has 0 unspecified atom stereocenters. The molecule has 1 N–H and O–H groups in total. The van der Waals surface area contributed by atoms with Gasteiger partial charge in [-0.15, -0.1) is 0 Å². The summed E-state index contributed by atoms with van der Waals surface area (Å²) in [7, 11) is 1.35. The van der Waals surface area contributed by atoms with Crippen LogP contribution in [0.3, 0.4) is 0 Å². The van der Waals surface area contributed by atoms with Gasteiger partial charge in [-0.25, -0.2) is 4.79 Å². The normalized spacial score (nSPS) is 15.3. The van der Waals surface area contributed by atoms with Gasteiger partial charge in [-0.2, -0.15) is 5.10 Å². The molecule has 2 heterocycles. The van der Waals surface area contributed by atoms with E-state index >= 15 is 0 Å². The number of fused-ring (bicyclic) bond motifs is 1. The SMILES string of the molecule is COC(=O)c1n[nH]c2cc(C3=CCOCC3)ccc12. The zero-order valence-corrected chi connectivity index (χ0v) is 10.6. The minimum absolute atomic E-state index is 0.324. The van der Waals surface area contributed by atoms with Crippen LogP contribution in [-0.2, 0) is 9.47 Å². The number of aromatic nitrogens is 2. The molecule has 19 heavy (non-hydrogen) atoms. The second kappa shape index (κ2) is 4.85. The van der Waals surface area contributed by atoms with Gasteiger partial charge < -0.3 is 9.47 Å². The van der Waals surface area contributed by atoms with Gasteiger partial charge in [0.25, 0.3) is 0 Å². The van der Waals surface area contributed by atoms with Crippen LogP contribution < -0.4 is 0 Å². The number of methoxy groups -OCH3 is 1. The molecule has 3 rings (SSSR count). The van der Waals surface area contributed by atoms with E-state index in [9.17, 15) is 4.79 Å². The number of nitrogens with zero attached hydrogens (tertiary/aromatic N) is 1.